The summed E-state index contributed by atoms with van der Waals surface area (Å²) < 4.78 is 28.3. The standard InChI is InChI=1S/C24H22FN3O4S/c1-14-10-27(11-15(2)31-14)21-17(12-29)9-19-22(20(21)25)32-26-23(19)28-18(13-33-24(28)30)8-16-6-4-3-5-7-16/h3-7,9,12-15H,8,10-11H2,1-2H3/t14-,15-/m1/s1. The van der Waals surface area contributed by atoms with E-state index < -0.39 is 5.82 Å². The van der Waals surface area contributed by atoms with Crippen LogP contribution >= 0.6 is 11.3 Å². The van der Waals surface area contributed by atoms with Crippen LogP contribution in [-0.4, -0.2) is 41.3 Å². The number of fused-ring (bicyclic) bond motifs is 1. The van der Waals surface area contributed by atoms with Crippen LogP contribution in [0.25, 0.3) is 16.8 Å². The third-order valence-electron chi connectivity index (χ3n) is 5.76. The first kappa shape index (κ1) is 21.5. The summed E-state index contributed by atoms with van der Waals surface area (Å²) >= 11 is 1.04. The molecule has 2 aromatic heterocycles. The van der Waals surface area contributed by atoms with Gasteiger partial charge in [0.25, 0.3) is 0 Å². The molecule has 1 fully saturated rings. The number of benzene rings is 2. The van der Waals surface area contributed by atoms with E-state index in [1.807, 2.05) is 44.2 Å². The minimum Gasteiger partial charge on any atom is -0.372 e. The van der Waals surface area contributed by atoms with E-state index in [1.54, 1.807) is 16.3 Å². The van der Waals surface area contributed by atoms with Gasteiger partial charge in [-0.2, -0.15) is 0 Å². The van der Waals surface area contributed by atoms with E-state index in [4.69, 9.17) is 9.26 Å². The van der Waals surface area contributed by atoms with Crippen molar-refractivity contribution in [3.05, 3.63) is 74.1 Å². The smallest absolute Gasteiger partial charge is 0.313 e. The Balaban J connectivity index is 1.63. The molecule has 3 heterocycles. The second-order valence-corrected chi connectivity index (χ2v) is 9.10. The Hall–Kier alpha value is -3.30. The van der Waals surface area contributed by atoms with Crippen LogP contribution in [0.3, 0.4) is 0 Å². The van der Waals surface area contributed by atoms with Crippen molar-refractivity contribution in [1.82, 2.24) is 9.72 Å². The Labute approximate surface area is 193 Å². The van der Waals surface area contributed by atoms with Gasteiger partial charge in [-0.05, 0) is 25.5 Å². The molecule has 0 saturated carbocycles. The van der Waals surface area contributed by atoms with Gasteiger partial charge in [0.2, 0.25) is 5.58 Å². The fourth-order valence-electron chi connectivity index (χ4n) is 4.46. The van der Waals surface area contributed by atoms with Gasteiger partial charge in [-0.3, -0.25) is 14.2 Å². The van der Waals surface area contributed by atoms with Gasteiger partial charge in [-0.1, -0.05) is 46.8 Å². The predicted molar refractivity (Wildman–Crippen MR) is 124 cm³/mol. The second kappa shape index (κ2) is 8.57. The highest BCUT2D eigenvalue weighted by molar-refractivity contribution is 7.07. The van der Waals surface area contributed by atoms with Crippen LogP contribution in [-0.2, 0) is 11.2 Å². The number of aromatic nitrogens is 2. The van der Waals surface area contributed by atoms with Crippen molar-refractivity contribution in [2.24, 2.45) is 0 Å². The second-order valence-electron chi connectivity index (χ2n) is 8.28. The highest BCUT2D eigenvalue weighted by atomic mass is 32.1. The fourth-order valence-corrected chi connectivity index (χ4v) is 5.19. The molecule has 1 aliphatic rings. The van der Waals surface area contributed by atoms with Crippen molar-refractivity contribution in [2.45, 2.75) is 32.5 Å². The fraction of sp³-hybridized carbons (Fsp3) is 0.292. The van der Waals surface area contributed by atoms with Crippen molar-refractivity contribution in [3.8, 4) is 5.82 Å². The van der Waals surface area contributed by atoms with Crippen molar-refractivity contribution >= 4 is 34.3 Å². The van der Waals surface area contributed by atoms with Gasteiger partial charge < -0.3 is 14.2 Å². The normalized spacial score (nSPS) is 18.7. The van der Waals surface area contributed by atoms with Crippen LogP contribution < -0.4 is 9.77 Å². The van der Waals surface area contributed by atoms with Crippen molar-refractivity contribution in [1.29, 1.82) is 0 Å². The van der Waals surface area contributed by atoms with Gasteiger partial charge >= 0.3 is 4.87 Å². The minimum absolute atomic E-state index is 0.0823. The molecule has 2 aromatic carbocycles. The van der Waals surface area contributed by atoms with E-state index in [-0.39, 0.29) is 45.1 Å². The Bertz CT molecular complexity index is 1370. The van der Waals surface area contributed by atoms with Crippen molar-refractivity contribution in [3.63, 3.8) is 0 Å². The van der Waals surface area contributed by atoms with Gasteiger partial charge in [0.15, 0.2) is 17.9 Å². The number of anilines is 1. The molecular weight excluding hydrogens is 445 g/mol. The van der Waals surface area contributed by atoms with E-state index in [0.717, 1.165) is 16.9 Å². The van der Waals surface area contributed by atoms with Gasteiger partial charge in [-0.15, -0.1) is 0 Å². The summed E-state index contributed by atoms with van der Waals surface area (Å²) in [6, 6.07) is 11.3. The van der Waals surface area contributed by atoms with Gasteiger partial charge in [0.1, 0.15) is 0 Å². The topological polar surface area (TPSA) is 77.6 Å². The van der Waals surface area contributed by atoms with E-state index in [2.05, 4.69) is 5.16 Å². The molecule has 1 saturated heterocycles. The number of ether oxygens (including phenoxy) is 1. The average Bonchev–Trinajstić information content (AvgIpc) is 3.36. The first-order valence-electron chi connectivity index (χ1n) is 10.7. The van der Waals surface area contributed by atoms with Crippen LogP contribution in [0.4, 0.5) is 10.1 Å². The molecule has 0 amide bonds. The maximum Gasteiger partial charge on any atom is 0.313 e. The van der Waals surface area contributed by atoms with Crippen LogP contribution in [0.1, 0.15) is 35.5 Å². The lowest BCUT2D eigenvalue weighted by Gasteiger charge is -2.37. The van der Waals surface area contributed by atoms with Crippen LogP contribution in [0.15, 0.2) is 51.1 Å². The molecule has 33 heavy (non-hydrogen) atoms. The molecule has 0 bridgehead atoms. The van der Waals surface area contributed by atoms with E-state index in [0.29, 0.717) is 31.5 Å². The average molecular weight is 468 g/mol. The highest BCUT2D eigenvalue weighted by Crippen LogP contribution is 2.35. The molecule has 170 valence electrons. The van der Waals surface area contributed by atoms with E-state index in [9.17, 15) is 9.59 Å². The lowest BCUT2D eigenvalue weighted by Crippen LogP contribution is -2.46. The molecule has 0 spiro atoms. The predicted octanol–water partition coefficient (Wildman–Crippen LogP) is 4.20. The number of nitrogens with zero attached hydrogens (tertiary/aromatic N) is 3. The van der Waals surface area contributed by atoms with Crippen molar-refractivity contribution < 1.29 is 18.4 Å². The van der Waals surface area contributed by atoms with Crippen molar-refractivity contribution in [2.75, 3.05) is 18.0 Å². The van der Waals surface area contributed by atoms with Gasteiger partial charge in [0, 0.05) is 36.1 Å². The highest BCUT2D eigenvalue weighted by Gasteiger charge is 2.30. The molecule has 9 heteroatoms. The molecular formula is C24H22FN3O4S. The van der Waals surface area contributed by atoms with Gasteiger partial charge in [0.05, 0.1) is 23.3 Å². The molecule has 0 radical (unpaired) electrons. The molecule has 2 atom stereocenters. The largest absolute Gasteiger partial charge is 0.372 e. The quantitative estimate of drug-likeness (QED) is 0.410. The SMILES string of the molecule is C[C@@H]1CN(c2c(C=O)cc3c(-n4c(Cc5ccccc5)csc4=O)noc3c2F)C[C@@H](C)O1. The number of carbonyl (C=O) groups is 1. The number of hydrogen-bond acceptors (Lipinski definition) is 7. The third kappa shape index (κ3) is 3.87. The lowest BCUT2D eigenvalue weighted by molar-refractivity contribution is -0.00543. The number of halogens is 1. The lowest BCUT2D eigenvalue weighted by atomic mass is 10.1. The molecule has 1 aliphatic heterocycles. The summed E-state index contributed by atoms with van der Waals surface area (Å²) in [5.41, 5.74) is 2.00. The number of hydrogen-bond donors (Lipinski definition) is 0. The molecule has 7 nitrogen and oxygen atoms in total. The monoisotopic (exact) mass is 467 g/mol. The number of rotatable bonds is 5. The third-order valence-corrected chi connectivity index (χ3v) is 6.53. The first-order chi connectivity index (χ1) is 16.0. The molecule has 0 N–H and O–H groups in total. The first-order valence-corrected chi connectivity index (χ1v) is 11.6. The van der Waals surface area contributed by atoms with E-state index >= 15 is 4.39 Å². The Morgan fingerprint density at radius 2 is 1.94 bits per heavy atom. The molecule has 0 aliphatic carbocycles. The number of morpholine rings is 1. The summed E-state index contributed by atoms with van der Waals surface area (Å²) in [5.74, 6) is -0.484. The number of carbonyl (C=O) groups excluding carboxylic acids is 1. The Kier molecular flexibility index (Phi) is 5.59. The zero-order valence-electron chi connectivity index (χ0n) is 18.2. The van der Waals surface area contributed by atoms with Crippen LogP contribution in [0.5, 0.6) is 0 Å². The minimum atomic E-state index is -0.664. The number of thiazole rings is 1. The summed E-state index contributed by atoms with van der Waals surface area (Å²) in [4.78, 5) is 26.2. The Morgan fingerprint density at radius 1 is 1.21 bits per heavy atom. The molecule has 5 rings (SSSR count). The maximum atomic E-state index is 15.7. The summed E-state index contributed by atoms with van der Waals surface area (Å²) in [6.45, 7) is 4.70. The summed E-state index contributed by atoms with van der Waals surface area (Å²) in [6.07, 6.45) is 0.899. The van der Waals surface area contributed by atoms with Crippen LogP contribution in [0.2, 0.25) is 0 Å². The Morgan fingerprint density at radius 3 is 2.64 bits per heavy atom. The van der Waals surface area contributed by atoms with Crippen LogP contribution in [0, 0.1) is 5.82 Å². The zero-order valence-corrected chi connectivity index (χ0v) is 19.0. The molecule has 4 aromatic rings. The zero-order chi connectivity index (χ0) is 23.1. The van der Waals surface area contributed by atoms with E-state index in [1.165, 1.54) is 4.57 Å². The molecule has 0 unspecified atom stereocenters. The van der Waals surface area contributed by atoms with Gasteiger partial charge in [-0.25, -0.2) is 4.39 Å². The summed E-state index contributed by atoms with van der Waals surface area (Å²) in [5, 5.41) is 6.09. The number of aldehydes is 1. The summed E-state index contributed by atoms with van der Waals surface area (Å²) in [7, 11) is 0. The maximum absolute atomic E-state index is 15.7.